The molecule has 1 aromatic heterocycles. The third-order valence-electron chi connectivity index (χ3n) is 5.45. The summed E-state index contributed by atoms with van der Waals surface area (Å²) in [6, 6.07) is 2.61. The first-order chi connectivity index (χ1) is 12.7. The molecule has 0 bridgehead atoms. The van der Waals surface area contributed by atoms with E-state index in [1.165, 1.54) is 12.8 Å². The molecule has 4 rings (SSSR count). The number of morpholine rings is 1. The van der Waals surface area contributed by atoms with Crippen LogP contribution in [0, 0.1) is 5.92 Å². The van der Waals surface area contributed by atoms with E-state index in [1.807, 2.05) is 6.07 Å². The lowest BCUT2D eigenvalue weighted by Gasteiger charge is -2.43. The monoisotopic (exact) mass is 361 g/mol. The number of nitrogens with one attached hydrogen (secondary N) is 1. The van der Waals surface area contributed by atoms with E-state index in [0.717, 1.165) is 44.2 Å². The summed E-state index contributed by atoms with van der Waals surface area (Å²) in [4.78, 5) is 24.4. The predicted molar refractivity (Wildman–Crippen MR) is 97.4 cm³/mol. The Morgan fingerprint density at radius 2 is 2.12 bits per heavy atom. The van der Waals surface area contributed by atoms with Crippen LogP contribution in [-0.2, 0) is 9.53 Å². The quantitative estimate of drug-likeness (QED) is 0.710. The fourth-order valence-electron chi connectivity index (χ4n) is 3.71. The van der Waals surface area contributed by atoms with Crippen LogP contribution in [0.2, 0.25) is 0 Å². The van der Waals surface area contributed by atoms with Crippen LogP contribution < -0.4 is 10.2 Å². The lowest BCUT2D eigenvalue weighted by molar-refractivity contribution is -0.139. The van der Waals surface area contributed by atoms with Gasteiger partial charge in [-0.2, -0.15) is 4.98 Å². The molecular formula is C18H27N5O3. The molecular weight excluding hydrogens is 334 g/mol. The van der Waals surface area contributed by atoms with Gasteiger partial charge in [0.05, 0.1) is 19.8 Å². The molecule has 26 heavy (non-hydrogen) atoms. The van der Waals surface area contributed by atoms with Gasteiger partial charge < -0.3 is 20.1 Å². The number of anilines is 2. The molecule has 0 spiro atoms. The highest BCUT2D eigenvalue weighted by atomic mass is 16.5. The topological polar surface area (TPSA) is 90.8 Å². The van der Waals surface area contributed by atoms with Crippen molar-refractivity contribution in [1.29, 1.82) is 0 Å². The van der Waals surface area contributed by atoms with E-state index in [9.17, 15) is 4.79 Å². The van der Waals surface area contributed by atoms with Crippen LogP contribution in [0.1, 0.15) is 25.7 Å². The number of nitrogens with zero attached hydrogens (tertiary/aromatic N) is 4. The Kier molecular flexibility index (Phi) is 5.21. The van der Waals surface area contributed by atoms with E-state index in [1.54, 1.807) is 6.20 Å². The van der Waals surface area contributed by atoms with Crippen LogP contribution in [-0.4, -0.2) is 77.4 Å². The smallest absolute Gasteiger partial charge is 0.317 e. The van der Waals surface area contributed by atoms with Gasteiger partial charge in [-0.15, -0.1) is 0 Å². The average molecular weight is 361 g/mol. The Morgan fingerprint density at radius 3 is 2.81 bits per heavy atom. The molecule has 8 heteroatoms. The van der Waals surface area contributed by atoms with Crippen LogP contribution in [0.5, 0.6) is 0 Å². The van der Waals surface area contributed by atoms with Crippen LogP contribution in [0.3, 0.4) is 0 Å². The fourth-order valence-corrected chi connectivity index (χ4v) is 3.71. The summed E-state index contributed by atoms with van der Waals surface area (Å²) in [5.74, 6) is 1.57. The van der Waals surface area contributed by atoms with Gasteiger partial charge in [0.15, 0.2) is 0 Å². The van der Waals surface area contributed by atoms with E-state index < -0.39 is 5.97 Å². The minimum atomic E-state index is -0.729. The van der Waals surface area contributed by atoms with Gasteiger partial charge >= 0.3 is 5.97 Å². The molecule has 0 atom stereocenters. The van der Waals surface area contributed by atoms with Crippen LogP contribution >= 0.6 is 0 Å². The Balaban J connectivity index is 1.29. The molecule has 2 N–H and O–H groups in total. The van der Waals surface area contributed by atoms with Gasteiger partial charge in [0.2, 0.25) is 5.95 Å². The number of carboxylic acids is 1. The van der Waals surface area contributed by atoms with Gasteiger partial charge in [-0.3, -0.25) is 9.69 Å². The van der Waals surface area contributed by atoms with Crippen LogP contribution in [0.4, 0.5) is 11.8 Å². The maximum atomic E-state index is 11.1. The highest BCUT2D eigenvalue weighted by Crippen LogP contribution is 2.34. The minimum Gasteiger partial charge on any atom is -0.480 e. The number of hydrogen-bond donors (Lipinski definition) is 2. The van der Waals surface area contributed by atoms with Crippen molar-refractivity contribution < 1.29 is 14.6 Å². The first-order valence-electron chi connectivity index (χ1n) is 9.55. The number of aromatic nitrogens is 2. The average Bonchev–Trinajstić information content (AvgIpc) is 3.42. The summed E-state index contributed by atoms with van der Waals surface area (Å²) in [6.45, 7) is 4.15. The Labute approximate surface area is 153 Å². The lowest BCUT2D eigenvalue weighted by atomic mass is 9.85. The van der Waals surface area contributed by atoms with Gasteiger partial charge in [-0.05, 0) is 37.7 Å². The third-order valence-corrected chi connectivity index (χ3v) is 5.45. The normalized spacial score (nSPS) is 25.8. The van der Waals surface area contributed by atoms with Crippen molar-refractivity contribution in [3.05, 3.63) is 12.3 Å². The predicted octanol–water partition coefficient (Wildman–Crippen LogP) is 1.05. The van der Waals surface area contributed by atoms with E-state index >= 15 is 0 Å². The van der Waals surface area contributed by atoms with E-state index in [0.29, 0.717) is 31.2 Å². The number of ether oxygens (including phenoxy) is 1. The molecule has 0 amide bonds. The van der Waals surface area contributed by atoms with Crippen molar-refractivity contribution in [2.45, 2.75) is 37.8 Å². The molecule has 0 aromatic carbocycles. The molecule has 3 aliphatic rings. The zero-order valence-corrected chi connectivity index (χ0v) is 15.0. The highest BCUT2D eigenvalue weighted by Gasteiger charge is 2.37. The molecule has 1 saturated heterocycles. The van der Waals surface area contributed by atoms with Gasteiger partial charge in [-0.25, -0.2) is 4.98 Å². The number of rotatable bonds is 8. The first-order valence-corrected chi connectivity index (χ1v) is 9.55. The lowest BCUT2D eigenvalue weighted by Crippen LogP contribution is -2.52. The Bertz CT molecular complexity index is 627. The van der Waals surface area contributed by atoms with E-state index in [-0.39, 0.29) is 6.54 Å². The van der Waals surface area contributed by atoms with Gasteiger partial charge in [0, 0.05) is 37.9 Å². The number of carbonyl (C=O) groups is 1. The zero-order chi connectivity index (χ0) is 17.9. The third kappa shape index (κ3) is 4.42. The zero-order valence-electron chi connectivity index (χ0n) is 15.0. The van der Waals surface area contributed by atoms with Crippen molar-refractivity contribution in [2.75, 3.05) is 49.6 Å². The second-order valence-electron chi connectivity index (χ2n) is 7.57. The van der Waals surface area contributed by atoms with Crippen molar-refractivity contribution in [3.63, 3.8) is 0 Å². The van der Waals surface area contributed by atoms with E-state index in [4.69, 9.17) is 9.84 Å². The van der Waals surface area contributed by atoms with Crippen molar-refractivity contribution in [2.24, 2.45) is 5.92 Å². The van der Waals surface area contributed by atoms with Crippen LogP contribution in [0.25, 0.3) is 0 Å². The van der Waals surface area contributed by atoms with Crippen LogP contribution in [0.15, 0.2) is 12.3 Å². The van der Waals surface area contributed by atoms with Crippen molar-refractivity contribution in [3.8, 4) is 0 Å². The molecule has 142 valence electrons. The number of hydrogen-bond acceptors (Lipinski definition) is 7. The van der Waals surface area contributed by atoms with Crippen molar-refractivity contribution >= 4 is 17.7 Å². The molecule has 1 aromatic rings. The second-order valence-corrected chi connectivity index (χ2v) is 7.57. The molecule has 1 aliphatic heterocycles. The largest absolute Gasteiger partial charge is 0.480 e. The summed E-state index contributed by atoms with van der Waals surface area (Å²) in [5.41, 5.74) is 0. The molecule has 2 saturated carbocycles. The standard InChI is InChI=1S/C18H27N5O3/c24-17(25)12-23(11-13-1-2-13)15-9-14(10-15)20-16-3-4-19-18(21-16)22-5-7-26-8-6-22/h3-4,13-15H,1-2,5-12H2,(H,24,25)(H,19,20,21). The molecule has 0 unspecified atom stereocenters. The first kappa shape index (κ1) is 17.5. The number of aliphatic carboxylic acids is 1. The van der Waals surface area contributed by atoms with E-state index in [2.05, 4.69) is 25.1 Å². The maximum Gasteiger partial charge on any atom is 0.317 e. The summed E-state index contributed by atoms with van der Waals surface area (Å²) in [6.07, 6.45) is 6.22. The summed E-state index contributed by atoms with van der Waals surface area (Å²) in [7, 11) is 0. The molecule has 3 fully saturated rings. The molecule has 8 nitrogen and oxygen atoms in total. The molecule has 2 heterocycles. The second kappa shape index (κ2) is 7.75. The Hall–Kier alpha value is -1.93. The fraction of sp³-hybridized carbons (Fsp3) is 0.722. The summed E-state index contributed by atoms with van der Waals surface area (Å²) >= 11 is 0. The SMILES string of the molecule is O=C(O)CN(CC1CC1)C1CC(Nc2ccnc(N3CCOCC3)n2)C1. The Morgan fingerprint density at radius 1 is 1.35 bits per heavy atom. The summed E-state index contributed by atoms with van der Waals surface area (Å²) < 4.78 is 5.38. The van der Waals surface area contributed by atoms with Crippen molar-refractivity contribution in [1.82, 2.24) is 14.9 Å². The highest BCUT2D eigenvalue weighted by molar-refractivity contribution is 5.69. The van der Waals surface area contributed by atoms with Gasteiger partial charge in [0.1, 0.15) is 5.82 Å². The molecule has 0 radical (unpaired) electrons. The minimum absolute atomic E-state index is 0.155. The van der Waals surface area contributed by atoms with Gasteiger partial charge in [-0.1, -0.05) is 0 Å². The van der Waals surface area contributed by atoms with Gasteiger partial charge in [0.25, 0.3) is 0 Å². The summed E-state index contributed by atoms with van der Waals surface area (Å²) in [5, 5.41) is 12.6. The number of carboxylic acid groups (broad SMARTS) is 1. The molecule has 2 aliphatic carbocycles. The maximum absolute atomic E-state index is 11.1.